The van der Waals surface area contributed by atoms with Gasteiger partial charge < -0.3 is 0 Å². The maximum Gasteiger partial charge on any atom is 0.0655 e. The number of benzene rings is 1. The zero-order chi connectivity index (χ0) is 12.4. The van der Waals surface area contributed by atoms with E-state index in [0.29, 0.717) is 4.83 Å². The molecule has 2 heteroatoms. The maximum absolute atomic E-state index is 3.81. The van der Waals surface area contributed by atoms with Gasteiger partial charge in [-0.2, -0.15) is 0 Å². The second-order valence-corrected chi connectivity index (χ2v) is 6.70. The minimum Gasteiger partial charge on any atom is -0.146 e. The van der Waals surface area contributed by atoms with Gasteiger partial charge in [-0.05, 0) is 43.0 Å². The molecule has 0 nitrogen and oxygen atoms in total. The van der Waals surface area contributed by atoms with Crippen molar-refractivity contribution >= 4 is 27.3 Å². The van der Waals surface area contributed by atoms with Crippen LogP contribution < -0.4 is 0 Å². The van der Waals surface area contributed by atoms with Crippen molar-refractivity contribution in [2.75, 3.05) is 0 Å². The first-order valence-electron chi connectivity index (χ1n) is 5.91. The summed E-state index contributed by atoms with van der Waals surface area (Å²) < 4.78 is 0. The van der Waals surface area contributed by atoms with Crippen LogP contribution in [0, 0.1) is 13.8 Å². The fraction of sp³-hybridized carbons (Fsp3) is 0.333. The van der Waals surface area contributed by atoms with Crippen molar-refractivity contribution < 1.29 is 0 Å². The molecule has 0 aliphatic heterocycles. The molecule has 1 heterocycles. The summed E-state index contributed by atoms with van der Waals surface area (Å²) in [6, 6.07) is 11.2. The van der Waals surface area contributed by atoms with Crippen molar-refractivity contribution in [1.82, 2.24) is 0 Å². The largest absolute Gasteiger partial charge is 0.146 e. The number of aryl methyl sites for hydroxylation is 3. The molecule has 2 aromatic rings. The topological polar surface area (TPSA) is 0 Å². The van der Waals surface area contributed by atoms with Crippen molar-refractivity contribution in [1.29, 1.82) is 0 Å². The van der Waals surface area contributed by atoms with E-state index in [-0.39, 0.29) is 0 Å². The standard InChI is InChI=1S/C15H17BrS/c1-4-12-5-7-13(8-6-12)15(16)14-9-10(2)17-11(14)3/h5-9,15H,4H2,1-3H3. The molecule has 0 N–H and O–H groups in total. The Morgan fingerprint density at radius 2 is 1.82 bits per heavy atom. The Balaban J connectivity index is 2.30. The van der Waals surface area contributed by atoms with Crippen LogP contribution in [0.15, 0.2) is 30.3 Å². The van der Waals surface area contributed by atoms with E-state index in [2.05, 4.69) is 67.0 Å². The Morgan fingerprint density at radius 1 is 1.18 bits per heavy atom. The lowest BCUT2D eigenvalue weighted by molar-refractivity contribution is 1.11. The third-order valence-corrected chi connectivity index (χ3v) is 5.04. The Kier molecular flexibility index (Phi) is 4.05. The Hall–Kier alpha value is -0.600. The van der Waals surface area contributed by atoms with Crippen molar-refractivity contribution in [2.45, 2.75) is 32.0 Å². The summed E-state index contributed by atoms with van der Waals surface area (Å²) >= 11 is 5.68. The zero-order valence-corrected chi connectivity index (χ0v) is 12.9. The molecule has 0 amide bonds. The monoisotopic (exact) mass is 308 g/mol. The van der Waals surface area contributed by atoms with Crippen LogP contribution >= 0.6 is 27.3 Å². The summed E-state index contributed by atoms with van der Waals surface area (Å²) in [5.74, 6) is 0. The number of alkyl halides is 1. The molecule has 1 unspecified atom stereocenters. The molecule has 0 aliphatic rings. The van der Waals surface area contributed by atoms with E-state index in [1.807, 2.05) is 11.3 Å². The third kappa shape index (κ3) is 2.80. The normalized spacial score (nSPS) is 12.7. The minimum absolute atomic E-state index is 0.318. The van der Waals surface area contributed by atoms with Crippen LogP contribution in [0.4, 0.5) is 0 Å². The quantitative estimate of drug-likeness (QED) is 0.665. The maximum atomic E-state index is 3.81. The Morgan fingerprint density at radius 3 is 2.29 bits per heavy atom. The smallest absolute Gasteiger partial charge is 0.0655 e. The van der Waals surface area contributed by atoms with Gasteiger partial charge in [-0.25, -0.2) is 0 Å². The zero-order valence-electron chi connectivity index (χ0n) is 10.5. The van der Waals surface area contributed by atoms with Gasteiger partial charge >= 0.3 is 0 Å². The van der Waals surface area contributed by atoms with Crippen molar-refractivity contribution in [3.05, 3.63) is 56.8 Å². The van der Waals surface area contributed by atoms with Gasteiger partial charge in [-0.15, -0.1) is 11.3 Å². The van der Waals surface area contributed by atoms with Crippen molar-refractivity contribution in [3.63, 3.8) is 0 Å². The van der Waals surface area contributed by atoms with Crippen LogP contribution in [-0.2, 0) is 6.42 Å². The summed E-state index contributed by atoms with van der Waals surface area (Å²) in [5, 5.41) is 0. The average Bonchev–Trinajstić information content (AvgIpc) is 2.68. The fourth-order valence-corrected chi connectivity index (χ4v) is 3.90. The highest BCUT2D eigenvalue weighted by Gasteiger charge is 2.14. The van der Waals surface area contributed by atoms with Crippen molar-refractivity contribution in [3.8, 4) is 0 Å². The molecule has 2 rings (SSSR count). The van der Waals surface area contributed by atoms with Crippen LogP contribution in [0.3, 0.4) is 0 Å². The molecular weight excluding hydrogens is 292 g/mol. The van der Waals surface area contributed by atoms with E-state index >= 15 is 0 Å². The van der Waals surface area contributed by atoms with E-state index in [4.69, 9.17) is 0 Å². The van der Waals surface area contributed by atoms with Gasteiger partial charge in [0.05, 0.1) is 4.83 Å². The highest BCUT2D eigenvalue weighted by Crippen LogP contribution is 2.36. The second-order valence-electron chi connectivity index (χ2n) is 4.33. The molecule has 1 atom stereocenters. The number of thiophene rings is 1. The summed E-state index contributed by atoms with van der Waals surface area (Å²) in [6.07, 6.45) is 1.10. The lowest BCUT2D eigenvalue weighted by Crippen LogP contribution is -1.93. The molecule has 17 heavy (non-hydrogen) atoms. The minimum atomic E-state index is 0.318. The van der Waals surface area contributed by atoms with Gasteiger partial charge in [0, 0.05) is 9.75 Å². The number of hydrogen-bond acceptors (Lipinski definition) is 1. The second kappa shape index (κ2) is 5.36. The van der Waals surface area contributed by atoms with E-state index in [9.17, 15) is 0 Å². The van der Waals surface area contributed by atoms with Crippen LogP contribution in [0.1, 0.15) is 38.2 Å². The first-order chi connectivity index (χ1) is 8.11. The molecule has 90 valence electrons. The van der Waals surface area contributed by atoms with E-state index < -0.39 is 0 Å². The summed E-state index contributed by atoms with van der Waals surface area (Å²) in [7, 11) is 0. The van der Waals surface area contributed by atoms with Gasteiger partial charge in [-0.1, -0.05) is 47.1 Å². The van der Waals surface area contributed by atoms with Gasteiger partial charge in [0.1, 0.15) is 0 Å². The Labute approximate surface area is 116 Å². The molecule has 1 aromatic heterocycles. The number of rotatable bonds is 3. The summed E-state index contributed by atoms with van der Waals surface area (Å²) in [6.45, 7) is 6.55. The highest BCUT2D eigenvalue weighted by atomic mass is 79.9. The molecule has 0 bridgehead atoms. The molecule has 0 radical (unpaired) electrons. The third-order valence-electron chi connectivity index (χ3n) is 3.03. The van der Waals surface area contributed by atoms with Crippen LogP contribution in [0.25, 0.3) is 0 Å². The van der Waals surface area contributed by atoms with Gasteiger partial charge in [-0.3, -0.25) is 0 Å². The average molecular weight is 309 g/mol. The van der Waals surface area contributed by atoms with Crippen LogP contribution in [0.2, 0.25) is 0 Å². The number of halogens is 1. The first kappa shape index (κ1) is 12.8. The SMILES string of the molecule is CCc1ccc(C(Br)c2cc(C)sc2C)cc1. The predicted octanol–water partition coefficient (Wildman–Crippen LogP) is 5.41. The van der Waals surface area contributed by atoms with Crippen LogP contribution in [0.5, 0.6) is 0 Å². The highest BCUT2D eigenvalue weighted by molar-refractivity contribution is 9.09. The fourth-order valence-electron chi connectivity index (χ4n) is 2.00. The Bertz CT molecular complexity index is 496. The molecule has 0 fully saturated rings. The summed E-state index contributed by atoms with van der Waals surface area (Å²) in [5.41, 5.74) is 4.13. The summed E-state index contributed by atoms with van der Waals surface area (Å²) in [4.78, 5) is 3.11. The van der Waals surface area contributed by atoms with E-state index in [1.165, 1.54) is 26.4 Å². The molecule has 0 aliphatic carbocycles. The molecule has 1 aromatic carbocycles. The van der Waals surface area contributed by atoms with Gasteiger partial charge in [0.15, 0.2) is 0 Å². The van der Waals surface area contributed by atoms with Gasteiger partial charge in [0.25, 0.3) is 0 Å². The van der Waals surface area contributed by atoms with Crippen LogP contribution in [-0.4, -0.2) is 0 Å². The number of hydrogen-bond donors (Lipinski definition) is 0. The molecular formula is C15H17BrS. The van der Waals surface area contributed by atoms with E-state index in [1.54, 1.807) is 0 Å². The van der Waals surface area contributed by atoms with Crippen molar-refractivity contribution in [2.24, 2.45) is 0 Å². The van der Waals surface area contributed by atoms with E-state index in [0.717, 1.165) is 6.42 Å². The lowest BCUT2D eigenvalue weighted by atomic mass is 10.0. The lowest BCUT2D eigenvalue weighted by Gasteiger charge is -2.10. The molecule has 0 spiro atoms. The molecule has 0 saturated heterocycles. The van der Waals surface area contributed by atoms with Gasteiger partial charge in [0.2, 0.25) is 0 Å². The molecule has 0 saturated carbocycles. The first-order valence-corrected chi connectivity index (χ1v) is 7.65. The predicted molar refractivity (Wildman–Crippen MR) is 80.4 cm³/mol.